The molecule has 1 N–H and O–H groups in total. The zero-order chi connectivity index (χ0) is 12.0. The smallest absolute Gasteiger partial charge is 0.255 e. The van der Waals surface area contributed by atoms with E-state index >= 15 is 0 Å². The maximum atomic E-state index is 13.3. The highest BCUT2D eigenvalue weighted by Crippen LogP contribution is 2.18. The Morgan fingerprint density at radius 2 is 2.19 bits per heavy atom. The molecule has 0 unspecified atom stereocenters. The quantitative estimate of drug-likeness (QED) is 0.789. The van der Waals surface area contributed by atoms with Crippen LogP contribution in [0.3, 0.4) is 0 Å². The zero-order valence-corrected chi connectivity index (χ0v) is 9.98. The van der Waals surface area contributed by atoms with E-state index in [9.17, 15) is 9.18 Å². The zero-order valence-electron chi connectivity index (χ0n) is 9.22. The number of carbonyl (C=O) groups excluding carboxylic acids is 1. The van der Waals surface area contributed by atoms with Crippen LogP contribution in [0.25, 0.3) is 0 Å². The van der Waals surface area contributed by atoms with Crippen molar-refractivity contribution in [2.24, 2.45) is 0 Å². The molecule has 1 rings (SSSR count). The van der Waals surface area contributed by atoms with Crippen LogP contribution in [0, 0.1) is 5.82 Å². The molecule has 0 aliphatic rings. The summed E-state index contributed by atoms with van der Waals surface area (Å²) in [4.78, 5) is 11.6. The molecule has 0 aliphatic carbocycles. The van der Waals surface area contributed by atoms with Crippen LogP contribution in [-0.4, -0.2) is 12.5 Å². The van der Waals surface area contributed by atoms with Crippen molar-refractivity contribution in [1.29, 1.82) is 0 Å². The van der Waals surface area contributed by atoms with Gasteiger partial charge in [-0.3, -0.25) is 4.79 Å². The number of carbonyl (C=O) groups is 1. The average molecular weight is 244 g/mol. The van der Waals surface area contributed by atoms with Gasteiger partial charge in [0.1, 0.15) is 5.82 Å². The summed E-state index contributed by atoms with van der Waals surface area (Å²) in [6.45, 7) is 2.63. The molecular formula is C12H15ClFNO. The summed E-state index contributed by atoms with van der Waals surface area (Å²) in [6, 6.07) is 4.21. The van der Waals surface area contributed by atoms with Crippen molar-refractivity contribution in [3.63, 3.8) is 0 Å². The first kappa shape index (κ1) is 13.0. The van der Waals surface area contributed by atoms with Gasteiger partial charge in [-0.25, -0.2) is 4.39 Å². The molecule has 0 heterocycles. The molecule has 0 atom stereocenters. The average Bonchev–Trinajstić information content (AvgIpc) is 2.24. The van der Waals surface area contributed by atoms with Crippen molar-refractivity contribution in [2.75, 3.05) is 6.54 Å². The molecule has 0 spiro atoms. The van der Waals surface area contributed by atoms with Crippen molar-refractivity contribution in [2.45, 2.75) is 26.2 Å². The lowest BCUT2D eigenvalue weighted by atomic mass is 10.2. The number of unbranched alkanes of at least 4 members (excludes halogenated alkanes) is 2. The van der Waals surface area contributed by atoms with Gasteiger partial charge in [-0.1, -0.05) is 37.4 Å². The van der Waals surface area contributed by atoms with Gasteiger partial charge in [0.25, 0.3) is 5.91 Å². The van der Waals surface area contributed by atoms with E-state index in [-0.39, 0.29) is 10.6 Å². The molecule has 1 aromatic rings. The first-order valence-electron chi connectivity index (χ1n) is 5.39. The molecular weight excluding hydrogens is 229 g/mol. The highest BCUT2D eigenvalue weighted by atomic mass is 35.5. The predicted octanol–water partition coefficient (Wildman–Crippen LogP) is 3.40. The summed E-state index contributed by atoms with van der Waals surface area (Å²) in [5.74, 6) is -1.03. The Bertz CT molecular complexity index is 348. The second kappa shape index (κ2) is 6.48. The molecule has 0 saturated carbocycles. The molecule has 1 aromatic carbocycles. The molecule has 4 heteroatoms. The normalized spacial score (nSPS) is 10.2. The van der Waals surface area contributed by atoms with Crippen LogP contribution in [0.4, 0.5) is 4.39 Å². The Hall–Kier alpha value is -1.09. The van der Waals surface area contributed by atoms with E-state index in [2.05, 4.69) is 12.2 Å². The third kappa shape index (κ3) is 3.49. The van der Waals surface area contributed by atoms with Crippen molar-refractivity contribution in [1.82, 2.24) is 5.32 Å². The van der Waals surface area contributed by atoms with Crippen LogP contribution in [0.15, 0.2) is 18.2 Å². The fourth-order valence-corrected chi connectivity index (χ4v) is 1.63. The van der Waals surface area contributed by atoms with Crippen LogP contribution in [0.2, 0.25) is 5.02 Å². The summed E-state index contributed by atoms with van der Waals surface area (Å²) < 4.78 is 13.3. The molecule has 0 aromatic heterocycles. The first-order chi connectivity index (χ1) is 7.66. The van der Waals surface area contributed by atoms with E-state index in [1.54, 1.807) is 0 Å². The molecule has 0 fully saturated rings. The number of amides is 1. The number of rotatable bonds is 5. The molecule has 0 saturated heterocycles. The summed E-state index contributed by atoms with van der Waals surface area (Å²) in [6.07, 6.45) is 3.02. The minimum Gasteiger partial charge on any atom is -0.352 e. The maximum Gasteiger partial charge on any atom is 0.255 e. The summed E-state index contributed by atoms with van der Waals surface area (Å²) in [7, 11) is 0. The van der Waals surface area contributed by atoms with Crippen LogP contribution < -0.4 is 5.32 Å². The van der Waals surface area contributed by atoms with E-state index in [0.717, 1.165) is 19.3 Å². The lowest BCUT2D eigenvalue weighted by Gasteiger charge is -2.07. The number of halogens is 2. The van der Waals surface area contributed by atoms with Gasteiger partial charge in [0.2, 0.25) is 0 Å². The van der Waals surface area contributed by atoms with Crippen molar-refractivity contribution >= 4 is 17.5 Å². The van der Waals surface area contributed by atoms with E-state index in [0.29, 0.717) is 6.54 Å². The van der Waals surface area contributed by atoms with E-state index < -0.39 is 11.7 Å². The molecule has 0 bridgehead atoms. The Morgan fingerprint density at radius 3 is 2.81 bits per heavy atom. The molecule has 16 heavy (non-hydrogen) atoms. The SMILES string of the molecule is CCCCCNC(=O)c1c(F)cccc1Cl. The number of hydrogen-bond acceptors (Lipinski definition) is 1. The number of nitrogens with one attached hydrogen (secondary N) is 1. The fraction of sp³-hybridized carbons (Fsp3) is 0.417. The highest BCUT2D eigenvalue weighted by molar-refractivity contribution is 6.33. The molecule has 0 aliphatic heterocycles. The number of benzene rings is 1. The molecule has 0 radical (unpaired) electrons. The van der Waals surface area contributed by atoms with E-state index in [1.807, 2.05) is 0 Å². The van der Waals surface area contributed by atoms with Gasteiger partial charge in [0, 0.05) is 6.54 Å². The van der Waals surface area contributed by atoms with E-state index in [4.69, 9.17) is 11.6 Å². The molecule has 88 valence electrons. The van der Waals surface area contributed by atoms with E-state index in [1.165, 1.54) is 18.2 Å². The monoisotopic (exact) mass is 243 g/mol. The van der Waals surface area contributed by atoms with Gasteiger partial charge >= 0.3 is 0 Å². The second-order valence-electron chi connectivity index (χ2n) is 3.56. The third-order valence-corrected chi connectivity index (χ3v) is 2.57. The minimum atomic E-state index is -0.583. The lowest BCUT2D eigenvalue weighted by molar-refractivity contribution is 0.0949. The van der Waals surface area contributed by atoms with Crippen molar-refractivity contribution in [3.8, 4) is 0 Å². The highest BCUT2D eigenvalue weighted by Gasteiger charge is 2.14. The standard InChI is InChI=1S/C12H15ClFNO/c1-2-3-4-8-15-12(16)11-9(13)6-5-7-10(11)14/h5-7H,2-4,8H2,1H3,(H,15,16). The van der Waals surface area contributed by atoms with Crippen molar-refractivity contribution in [3.05, 3.63) is 34.6 Å². The van der Waals surface area contributed by atoms with Gasteiger partial charge in [0.15, 0.2) is 0 Å². The third-order valence-electron chi connectivity index (χ3n) is 2.26. The Labute approximate surface area is 99.8 Å². The molecule has 2 nitrogen and oxygen atoms in total. The van der Waals surface area contributed by atoms with Gasteiger partial charge in [-0.15, -0.1) is 0 Å². The maximum absolute atomic E-state index is 13.3. The summed E-state index contributed by atoms with van der Waals surface area (Å²) in [5.41, 5.74) is -0.0688. The lowest BCUT2D eigenvalue weighted by Crippen LogP contribution is -2.25. The predicted molar refractivity (Wildman–Crippen MR) is 63.3 cm³/mol. The van der Waals surface area contributed by atoms with Gasteiger partial charge in [-0.05, 0) is 18.6 Å². The number of hydrogen-bond donors (Lipinski definition) is 1. The topological polar surface area (TPSA) is 29.1 Å². The second-order valence-corrected chi connectivity index (χ2v) is 3.97. The molecule has 1 amide bonds. The van der Waals surface area contributed by atoms with Crippen LogP contribution in [-0.2, 0) is 0 Å². The fourth-order valence-electron chi connectivity index (χ4n) is 1.38. The van der Waals surface area contributed by atoms with Crippen LogP contribution in [0.5, 0.6) is 0 Å². The van der Waals surface area contributed by atoms with Crippen LogP contribution >= 0.6 is 11.6 Å². The summed E-state index contributed by atoms with van der Waals surface area (Å²) >= 11 is 5.76. The largest absolute Gasteiger partial charge is 0.352 e. The Balaban J connectivity index is 2.59. The first-order valence-corrected chi connectivity index (χ1v) is 5.76. The minimum absolute atomic E-state index is 0.0688. The van der Waals surface area contributed by atoms with Gasteiger partial charge < -0.3 is 5.32 Å². The Morgan fingerprint density at radius 1 is 1.44 bits per heavy atom. The van der Waals surface area contributed by atoms with Gasteiger partial charge in [-0.2, -0.15) is 0 Å². The summed E-state index contributed by atoms with van der Waals surface area (Å²) in [5, 5.41) is 2.80. The van der Waals surface area contributed by atoms with Gasteiger partial charge in [0.05, 0.1) is 10.6 Å². The van der Waals surface area contributed by atoms with Crippen LogP contribution in [0.1, 0.15) is 36.5 Å². The van der Waals surface area contributed by atoms with Crippen molar-refractivity contribution < 1.29 is 9.18 Å². The Kier molecular flexibility index (Phi) is 5.26.